The molecule has 1 aliphatic rings. The topological polar surface area (TPSA) is 63.4 Å². The second-order valence-electron chi connectivity index (χ2n) is 5.26. The summed E-state index contributed by atoms with van der Waals surface area (Å²) in [7, 11) is -3.61. The standard InChI is InChI=1S/C14H19FN2O2S2/c1-2-10-5-7-17(8-6-10)21(18,19)11-3-4-13(15)12(9-11)14(16)20/h3-4,9-10H,2,5-8H2,1H3,(H2,16,20). The summed E-state index contributed by atoms with van der Waals surface area (Å²) >= 11 is 4.75. The van der Waals surface area contributed by atoms with E-state index in [9.17, 15) is 12.8 Å². The molecular formula is C14H19FN2O2S2. The molecule has 1 aromatic carbocycles. The Bertz CT molecular complexity index is 638. The highest BCUT2D eigenvalue weighted by Crippen LogP contribution is 2.26. The van der Waals surface area contributed by atoms with Crippen molar-refractivity contribution in [2.75, 3.05) is 13.1 Å². The lowest BCUT2D eigenvalue weighted by Crippen LogP contribution is -2.38. The van der Waals surface area contributed by atoms with Crippen molar-refractivity contribution in [3.05, 3.63) is 29.6 Å². The minimum absolute atomic E-state index is 0.0329. The van der Waals surface area contributed by atoms with Crippen molar-refractivity contribution >= 4 is 27.2 Å². The lowest BCUT2D eigenvalue weighted by atomic mass is 9.96. The summed E-state index contributed by atoms with van der Waals surface area (Å²) in [6, 6.07) is 3.58. The monoisotopic (exact) mass is 330 g/mol. The van der Waals surface area contributed by atoms with E-state index in [1.807, 2.05) is 0 Å². The molecule has 0 aliphatic carbocycles. The average molecular weight is 330 g/mol. The van der Waals surface area contributed by atoms with Gasteiger partial charge < -0.3 is 5.73 Å². The Morgan fingerprint density at radius 1 is 1.43 bits per heavy atom. The van der Waals surface area contributed by atoms with Gasteiger partial charge in [-0.2, -0.15) is 4.31 Å². The molecule has 0 amide bonds. The molecule has 0 atom stereocenters. The van der Waals surface area contributed by atoms with Gasteiger partial charge in [-0.3, -0.25) is 0 Å². The van der Waals surface area contributed by atoms with Gasteiger partial charge in [0.15, 0.2) is 0 Å². The fourth-order valence-electron chi connectivity index (χ4n) is 2.56. The Kier molecular flexibility index (Phi) is 4.95. The van der Waals surface area contributed by atoms with E-state index in [-0.39, 0.29) is 15.4 Å². The van der Waals surface area contributed by atoms with E-state index in [1.54, 1.807) is 0 Å². The highest BCUT2D eigenvalue weighted by Gasteiger charge is 2.29. The van der Waals surface area contributed by atoms with Gasteiger partial charge in [-0.1, -0.05) is 25.6 Å². The minimum Gasteiger partial charge on any atom is -0.389 e. The number of piperidine rings is 1. The first-order valence-electron chi connectivity index (χ1n) is 6.95. The quantitative estimate of drug-likeness (QED) is 0.860. The lowest BCUT2D eigenvalue weighted by molar-refractivity contribution is 0.269. The van der Waals surface area contributed by atoms with E-state index in [4.69, 9.17) is 18.0 Å². The van der Waals surface area contributed by atoms with Crippen LogP contribution in [0.2, 0.25) is 0 Å². The van der Waals surface area contributed by atoms with Crippen LogP contribution in [0.1, 0.15) is 31.7 Å². The molecule has 116 valence electrons. The zero-order valence-corrected chi connectivity index (χ0v) is 13.5. The third-order valence-corrected chi connectivity index (χ3v) is 6.11. The van der Waals surface area contributed by atoms with Crippen LogP contribution in [0.4, 0.5) is 4.39 Å². The summed E-state index contributed by atoms with van der Waals surface area (Å²) in [5.74, 6) is -0.0250. The number of nitrogens with zero attached hydrogens (tertiary/aromatic N) is 1. The highest BCUT2D eigenvalue weighted by atomic mass is 32.2. The first-order valence-corrected chi connectivity index (χ1v) is 8.80. The van der Waals surface area contributed by atoms with Crippen molar-refractivity contribution < 1.29 is 12.8 Å². The third-order valence-electron chi connectivity index (χ3n) is 3.99. The van der Waals surface area contributed by atoms with Gasteiger partial charge in [0.1, 0.15) is 10.8 Å². The first kappa shape index (κ1) is 16.3. The normalized spacial score (nSPS) is 17.8. The second kappa shape index (κ2) is 6.37. The molecule has 2 N–H and O–H groups in total. The number of sulfonamides is 1. The van der Waals surface area contributed by atoms with E-state index in [2.05, 4.69) is 6.92 Å². The molecule has 1 aromatic rings. The molecule has 0 saturated carbocycles. The van der Waals surface area contributed by atoms with E-state index in [0.29, 0.717) is 19.0 Å². The Morgan fingerprint density at radius 3 is 2.57 bits per heavy atom. The first-order chi connectivity index (χ1) is 9.86. The molecule has 0 unspecified atom stereocenters. The van der Waals surface area contributed by atoms with Gasteiger partial charge in [0, 0.05) is 18.7 Å². The van der Waals surface area contributed by atoms with Crippen LogP contribution in [0.3, 0.4) is 0 Å². The summed E-state index contributed by atoms with van der Waals surface area (Å²) < 4.78 is 40.2. The zero-order valence-electron chi connectivity index (χ0n) is 11.9. The maximum Gasteiger partial charge on any atom is 0.243 e. The van der Waals surface area contributed by atoms with Crippen molar-refractivity contribution in [3.63, 3.8) is 0 Å². The Morgan fingerprint density at radius 2 is 2.05 bits per heavy atom. The fraction of sp³-hybridized carbons (Fsp3) is 0.500. The molecule has 1 heterocycles. The smallest absolute Gasteiger partial charge is 0.243 e. The van der Waals surface area contributed by atoms with E-state index >= 15 is 0 Å². The molecule has 0 radical (unpaired) electrons. The third kappa shape index (κ3) is 3.41. The molecule has 1 saturated heterocycles. The van der Waals surface area contributed by atoms with Gasteiger partial charge in [0.05, 0.1) is 4.90 Å². The summed E-state index contributed by atoms with van der Waals surface area (Å²) in [5.41, 5.74) is 5.39. The van der Waals surface area contributed by atoms with Crippen LogP contribution < -0.4 is 5.73 Å². The predicted octanol–water partition coefficient (Wildman–Crippen LogP) is 2.27. The Hall–Kier alpha value is -1.05. The predicted molar refractivity (Wildman–Crippen MR) is 84.1 cm³/mol. The summed E-state index contributed by atoms with van der Waals surface area (Å²) in [4.78, 5) is -0.101. The molecule has 21 heavy (non-hydrogen) atoms. The highest BCUT2D eigenvalue weighted by molar-refractivity contribution is 7.89. The molecule has 4 nitrogen and oxygen atoms in total. The van der Waals surface area contributed by atoms with E-state index in [0.717, 1.165) is 25.3 Å². The number of rotatable bonds is 4. The molecule has 0 spiro atoms. The Labute approximate surface area is 130 Å². The summed E-state index contributed by atoms with van der Waals surface area (Å²) in [6.45, 7) is 3.12. The van der Waals surface area contributed by atoms with Gasteiger partial charge in [0.25, 0.3) is 0 Å². The molecule has 2 rings (SSSR count). The van der Waals surface area contributed by atoms with E-state index < -0.39 is 15.8 Å². The maximum atomic E-state index is 13.6. The van der Waals surface area contributed by atoms with Gasteiger partial charge in [-0.25, -0.2) is 12.8 Å². The molecule has 1 aliphatic heterocycles. The minimum atomic E-state index is -3.61. The van der Waals surface area contributed by atoms with Crippen molar-refractivity contribution in [1.29, 1.82) is 0 Å². The molecular weight excluding hydrogens is 311 g/mol. The van der Waals surface area contributed by atoms with Crippen LogP contribution >= 0.6 is 12.2 Å². The second-order valence-corrected chi connectivity index (χ2v) is 7.64. The fourth-order valence-corrected chi connectivity index (χ4v) is 4.21. The summed E-state index contributed by atoms with van der Waals surface area (Å²) in [5, 5.41) is 0. The number of hydrogen-bond acceptors (Lipinski definition) is 3. The summed E-state index contributed by atoms with van der Waals surface area (Å²) in [6.07, 6.45) is 2.79. The van der Waals surface area contributed by atoms with E-state index in [1.165, 1.54) is 16.4 Å². The van der Waals surface area contributed by atoms with Gasteiger partial charge >= 0.3 is 0 Å². The van der Waals surface area contributed by atoms with Crippen LogP contribution in [0.15, 0.2) is 23.1 Å². The van der Waals surface area contributed by atoms with Crippen molar-refractivity contribution in [1.82, 2.24) is 4.31 Å². The van der Waals surface area contributed by atoms with Crippen molar-refractivity contribution in [2.45, 2.75) is 31.1 Å². The van der Waals surface area contributed by atoms with Gasteiger partial charge in [0.2, 0.25) is 10.0 Å². The molecule has 1 fully saturated rings. The Balaban J connectivity index is 2.28. The van der Waals surface area contributed by atoms with Crippen LogP contribution in [0.25, 0.3) is 0 Å². The van der Waals surface area contributed by atoms with Crippen molar-refractivity contribution in [2.24, 2.45) is 11.7 Å². The van der Waals surface area contributed by atoms with Crippen LogP contribution in [-0.2, 0) is 10.0 Å². The average Bonchev–Trinajstić information content (AvgIpc) is 2.47. The van der Waals surface area contributed by atoms with Crippen LogP contribution in [-0.4, -0.2) is 30.8 Å². The van der Waals surface area contributed by atoms with Crippen LogP contribution in [0.5, 0.6) is 0 Å². The number of thiocarbonyl (C=S) groups is 1. The maximum absolute atomic E-state index is 13.6. The zero-order chi connectivity index (χ0) is 15.6. The molecule has 0 aromatic heterocycles. The number of halogens is 1. The SMILES string of the molecule is CCC1CCN(S(=O)(=O)c2ccc(F)c(C(N)=S)c2)CC1. The van der Waals surface area contributed by atoms with Crippen LogP contribution in [0, 0.1) is 11.7 Å². The lowest BCUT2D eigenvalue weighted by Gasteiger charge is -2.30. The number of hydrogen-bond donors (Lipinski definition) is 1. The van der Waals surface area contributed by atoms with Crippen molar-refractivity contribution in [3.8, 4) is 0 Å². The number of benzene rings is 1. The largest absolute Gasteiger partial charge is 0.389 e. The number of nitrogens with two attached hydrogens (primary N) is 1. The van der Waals surface area contributed by atoms with Gasteiger partial charge in [-0.05, 0) is 37.0 Å². The van der Waals surface area contributed by atoms with Gasteiger partial charge in [-0.15, -0.1) is 0 Å². The molecule has 7 heteroatoms. The molecule has 0 bridgehead atoms.